The third-order valence-corrected chi connectivity index (χ3v) is 4.21. The van der Waals surface area contributed by atoms with Gasteiger partial charge in [0.1, 0.15) is 11.3 Å². The third kappa shape index (κ3) is 1.76. The SMILES string of the molecule is CNC1COCC1c1nc2cnccc2n1C1CC1. The quantitative estimate of drug-likeness (QED) is 0.905. The van der Waals surface area contributed by atoms with Crippen molar-refractivity contribution in [1.29, 1.82) is 0 Å². The molecule has 1 N–H and O–H groups in total. The average molecular weight is 258 g/mol. The normalized spacial score (nSPS) is 27.2. The number of rotatable bonds is 3. The zero-order chi connectivity index (χ0) is 12.8. The molecule has 0 amide bonds. The second-order valence-corrected chi connectivity index (χ2v) is 5.47. The highest BCUT2D eigenvalue weighted by Crippen LogP contribution is 2.41. The molecule has 2 atom stereocenters. The molecule has 0 bridgehead atoms. The minimum Gasteiger partial charge on any atom is -0.379 e. The van der Waals surface area contributed by atoms with E-state index in [0.717, 1.165) is 18.7 Å². The minimum atomic E-state index is 0.345. The Labute approximate surface area is 112 Å². The van der Waals surface area contributed by atoms with Crippen molar-refractivity contribution in [3.63, 3.8) is 0 Å². The van der Waals surface area contributed by atoms with Gasteiger partial charge in [0.25, 0.3) is 0 Å². The Kier molecular flexibility index (Phi) is 2.56. The van der Waals surface area contributed by atoms with Gasteiger partial charge < -0.3 is 14.6 Å². The number of ether oxygens (including phenoxy) is 1. The molecule has 19 heavy (non-hydrogen) atoms. The lowest BCUT2D eigenvalue weighted by molar-refractivity contribution is 0.187. The summed E-state index contributed by atoms with van der Waals surface area (Å²) < 4.78 is 8.05. The van der Waals surface area contributed by atoms with Crippen molar-refractivity contribution in [3.05, 3.63) is 24.3 Å². The summed E-state index contributed by atoms with van der Waals surface area (Å²) >= 11 is 0. The summed E-state index contributed by atoms with van der Waals surface area (Å²) in [7, 11) is 2.00. The van der Waals surface area contributed by atoms with Gasteiger partial charge in [-0.25, -0.2) is 4.98 Å². The van der Waals surface area contributed by atoms with Crippen LogP contribution in [0.5, 0.6) is 0 Å². The lowest BCUT2D eigenvalue weighted by atomic mass is 10.0. The summed E-state index contributed by atoms with van der Waals surface area (Å²) in [6, 6.07) is 3.07. The summed E-state index contributed by atoms with van der Waals surface area (Å²) in [5.41, 5.74) is 2.22. The van der Waals surface area contributed by atoms with Crippen LogP contribution in [0.1, 0.15) is 30.6 Å². The van der Waals surface area contributed by atoms with Crippen LogP contribution in [0.15, 0.2) is 18.5 Å². The molecular weight excluding hydrogens is 240 g/mol. The first-order valence-corrected chi connectivity index (χ1v) is 6.95. The fourth-order valence-electron chi connectivity index (χ4n) is 3.04. The predicted octanol–water partition coefficient (Wildman–Crippen LogP) is 1.47. The van der Waals surface area contributed by atoms with E-state index in [1.807, 2.05) is 19.4 Å². The average Bonchev–Trinajstić information content (AvgIpc) is 3.05. The number of nitrogens with zero attached hydrogens (tertiary/aromatic N) is 3. The van der Waals surface area contributed by atoms with Gasteiger partial charge in [-0.3, -0.25) is 4.98 Å². The van der Waals surface area contributed by atoms with Gasteiger partial charge in [-0.1, -0.05) is 0 Å². The van der Waals surface area contributed by atoms with Crippen LogP contribution >= 0.6 is 0 Å². The molecule has 2 unspecified atom stereocenters. The lowest BCUT2D eigenvalue weighted by Gasteiger charge is -2.18. The first-order valence-electron chi connectivity index (χ1n) is 6.95. The van der Waals surface area contributed by atoms with Crippen molar-refractivity contribution in [3.8, 4) is 0 Å². The third-order valence-electron chi connectivity index (χ3n) is 4.21. The van der Waals surface area contributed by atoms with Gasteiger partial charge in [-0.2, -0.15) is 0 Å². The Hall–Kier alpha value is -1.46. The largest absolute Gasteiger partial charge is 0.379 e. The summed E-state index contributed by atoms with van der Waals surface area (Å²) in [5, 5.41) is 3.35. The Morgan fingerprint density at radius 3 is 3.05 bits per heavy atom. The minimum absolute atomic E-state index is 0.345. The first kappa shape index (κ1) is 11.4. The summed E-state index contributed by atoms with van der Waals surface area (Å²) in [6.07, 6.45) is 6.24. The van der Waals surface area contributed by atoms with Gasteiger partial charge in [0.05, 0.1) is 30.8 Å². The van der Waals surface area contributed by atoms with Crippen molar-refractivity contribution < 1.29 is 4.74 Å². The molecule has 3 heterocycles. The standard InChI is InChI=1S/C14H18N4O/c1-15-12-8-19-7-10(12)14-17-11-6-16-5-4-13(11)18(14)9-2-3-9/h4-6,9-10,12,15H,2-3,7-8H2,1H3. The number of nitrogens with one attached hydrogen (secondary N) is 1. The molecule has 1 aliphatic carbocycles. The van der Waals surface area contributed by atoms with Crippen LogP contribution in [0.4, 0.5) is 0 Å². The fraction of sp³-hybridized carbons (Fsp3) is 0.571. The summed E-state index contributed by atoms with van der Waals surface area (Å²) in [5.74, 6) is 1.51. The number of imidazole rings is 1. The van der Waals surface area contributed by atoms with E-state index < -0.39 is 0 Å². The highest BCUT2D eigenvalue weighted by molar-refractivity contribution is 5.75. The summed E-state index contributed by atoms with van der Waals surface area (Å²) in [6.45, 7) is 1.53. The van der Waals surface area contributed by atoms with E-state index >= 15 is 0 Å². The van der Waals surface area contributed by atoms with Crippen LogP contribution in [0.3, 0.4) is 0 Å². The Balaban J connectivity index is 1.86. The number of hydrogen-bond acceptors (Lipinski definition) is 4. The zero-order valence-electron chi connectivity index (χ0n) is 11.0. The molecule has 0 radical (unpaired) electrons. The van der Waals surface area contributed by atoms with Gasteiger partial charge in [0, 0.05) is 18.3 Å². The van der Waals surface area contributed by atoms with E-state index in [-0.39, 0.29) is 0 Å². The van der Waals surface area contributed by atoms with Gasteiger partial charge in [0.15, 0.2) is 0 Å². The van der Waals surface area contributed by atoms with E-state index in [1.165, 1.54) is 24.2 Å². The highest BCUT2D eigenvalue weighted by atomic mass is 16.5. The van der Waals surface area contributed by atoms with Crippen LogP contribution in [-0.4, -0.2) is 40.8 Å². The van der Waals surface area contributed by atoms with Gasteiger partial charge in [-0.05, 0) is 26.0 Å². The molecule has 1 saturated carbocycles. The molecule has 2 aromatic heterocycles. The Morgan fingerprint density at radius 1 is 1.37 bits per heavy atom. The second-order valence-electron chi connectivity index (χ2n) is 5.47. The van der Waals surface area contributed by atoms with Crippen LogP contribution in [0.2, 0.25) is 0 Å². The van der Waals surface area contributed by atoms with Crippen LogP contribution in [-0.2, 0) is 4.74 Å². The van der Waals surface area contributed by atoms with Crippen molar-refractivity contribution in [2.45, 2.75) is 30.8 Å². The highest BCUT2D eigenvalue weighted by Gasteiger charge is 2.36. The maximum absolute atomic E-state index is 5.63. The lowest BCUT2D eigenvalue weighted by Crippen LogP contribution is -2.32. The first-order chi connectivity index (χ1) is 9.38. The van der Waals surface area contributed by atoms with E-state index in [2.05, 4.69) is 20.9 Å². The van der Waals surface area contributed by atoms with Crippen molar-refractivity contribution in [2.24, 2.45) is 0 Å². The van der Waals surface area contributed by atoms with Crippen molar-refractivity contribution in [1.82, 2.24) is 19.9 Å². The molecule has 5 nitrogen and oxygen atoms in total. The van der Waals surface area contributed by atoms with Crippen LogP contribution in [0.25, 0.3) is 11.0 Å². The number of pyridine rings is 1. The molecule has 2 aliphatic rings. The molecule has 4 rings (SSSR count). The molecular formula is C14H18N4O. The van der Waals surface area contributed by atoms with Gasteiger partial charge in [-0.15, -0.1) is 0 Å². The number of likely N-dealkylation sites (N-methyl/N-ethyl adjacent to an activating group) is 1. The van der Waals surface area contributed by atoms with Crippen LogP contribution < -0.4 is 5.32 Å². The smallest absolute Gasteiger partial charge is 0.117 e. The Morgan fingerprint density at radius 2 is 2.26 bits per heavy atom. The summed E-state index contributed by atoms with van der Waals surface area (Å²) in [4.78, 5) is 9.02. The second kappa shape index (κ2) is 4.28. The fourth-order valence-corrected chi connectivity index (χ4v) is 3.04. The molecule has 1 aliphatic heterocycles. The van der Waals surface area contributed by atoms with E-state index in [4.69, 9.17) is 9.72 Å². The van der Waals surface area contributed by atoms with Gasteiger partial charge in [0.2, 0.25) is 0 Å². The number of fused-ring (bicyclic) bond motifs is 1. The maximum Gasteiger partial charge on any atom is 0.117 e. The van der Waals surface area contributed by atoms with E-state index in [9.17, 15) is 0 Å². The molecule has 2 aromatic rings. The molecule has 0 aromatic carbocycles. The van der Waals surface area contributed by atoms with E-state index in [0.29, 0.717) is 18.0 Å². The molecule has 1 saturated heterocycles. The Bertz CT molecular complexity index is 605. The van der Waals surface area contributed by atoms with Crippen molar-refractivity contribution >= 4 is 11.0 Å². The molecule has 100 valence electrons. The zero-order valence-corrected chi connectivity index (χ0v) is 11.0. The van der Waals surface area contributed by atoms with Crippen molar-refractivity contribution in [2.75, 3.05) is 20.3 Å². The monoisotopic (exact) mass is 258 g/mol. The predicted molar refractivity (Wildman–Crippen MR) is 72.2 cm³/mol. The number of hydrogen-bond donors (Lipinski definition) is 1. The molecule has 2 fully saturated rings. The molecule has 5 heteroatoms. The van der Waals surface area contributed by atoms with Crippen LogP contribution in [0, 0.1) is 0 Å². The van der Waals surface area contributed by atoms with E-state index in [1.54, 1.807) is 0 Å². The maximum atomic E-state index is 5.63. The number of aromatic nitrogens is 3. The molecule has 0 spiro atoms. The van der Waals surface area contributed by atoms with Gasteiger partial charge >= 0.3 is 0 Å². The topological polar surface area (TPSA) is 52.0 Å².